The van der Waals surface area contributed by atoms with Gasteiger partial charge in [-0.3, -0.25) is 0 Å². The maximum absolute atomic E-state index is 9.55. The van der Waals surface area contributed by atoms with Crippen molar-refractivity contribution in [1.29, 1.82) is 0 Å². The van der Waals surface area contributed by atoms with Gasteiger partial charge in [0.25, 0.3) is 0 Å². The Hall–Kier alpha value is -1.03. The Morgan fingerprint density at radius 1 is 1.32 bits per heavy atom. The van der Waals surface area contributed by atoms with E-state index < -0.39 is 0 Å². The monoisotopic (exact) mass is 293 g/mol. The number of thiophene rings is 1. The number of hydrogen-bond acceptors (Lipinski definition) is 3. The molecule has 0 fully saturated rings. The Bertz CT molecular complexity index is 581. The van der Waals surface area contributed by atoms with Crippen LogP contribution < -0.4 is 5.32 Å². The van der Waals surface area contributed by atoms with Crippen molar-refractivity contribution in [3.05, 3.63) is 50.7 Å². The van der Waals surface area contributed by atoms with Gasteiger partial charge in [0.2, 0.25) is 0 Å². The van der Waals surface area contributed by atoms with Gasteiger partial charge in [-0.15, -0.1) is 11.3 Å². The minimum atomic E-state index is 0.365. The Labute approximate surface area is 122 Å². The van der Waals surface area contributed by atoms with Crippen molar-refractivity contribution < 1.29 is 5.11 Å². The fourth-order valence-electron chi connectivity index (χ4n) is 2.68. The maximum Gasteiger partial charge on any atom is 0.115 e. The summed E-state index contributed by atoms with van der Waals surface area (Å²) in [5.41, 5.74) is 2.60. The molecule has 0 radical (unpaired) electrons. The average molecular weight is 294 g/mol. The molecule has 0 saturated carbocycles. The maximum atomic E-state index is 9.55. The molecule has 3 rings (SSSR count). The number of halogens is 1. The van der Waals surface area contributed by atoms with Gasteiger partial charge < -0.3 is 10.4 Å². The summed E-state index contributed by atoms with van der Waals surface area (Å²) >= 11 is 7.57. The second-order valence-electron chi connectivity index (χ2n) is 4.91. The van der Waals surface area contributed by atoms with Crippen molar-refractivity contribution in [3.8, 4) is 5.75 Å². The van der Waals surface area contributed by atoms with E-state index in [-0.39, 0.29) is 0 Å². The highest BCUT2D eigenvalue weighted by Gasteiger charge is 2.20. The third-order valence-electron chi connectivity index (χ3n) is 3.59. The van der Waals surface area contributed by atoms with Crippen LogP contribution in [0.5, 0.6) is 5.75 Å². The molecule has 1 aromatic carbocycles. The van der Waals surface area contributed by atoms with Crippen molar-refractivity contribution in [1.82, 2.24) is 5.32 Å². The van der Waals surface area contributed by atoms with Crippen molar-refractivity contribution in [2.24, 2.45) is 0 Å². The molecule has 100 valence electrons. The molecule has 0 bridgehead atoms. The molecule has 1 unspecified atom stereocenters. The Morgan fingerprint density at radius 2 is 2.21 bits per heavy atom. The number of aryl methyl sites for hydroxylation is 1. The first-order valence-corrected chi connectivity index (χ1v) is 7.71. The normalized spacial score (nSPS) is 18.3. The third kappa shape index (κ3) is 2.94. The number of hydrogen-bond donors (Lipinski definition) is 2. The van der Waals surface area contributed by atoms with Crippen molar-refractivity contribution >= 4 is 22.9 Å². The highest BCUT2D eigenvalue weighted by Crippen LogP contribution is 2.32. The van der Waals surface area contributed by atoms with E-state index in [1.807, 2.05) is 18.2 Å². The lowest BCUT2D eigenvalue weighted by molar-refractivity contribution is 0.450. The number of aromatic hydroxyl groups is 1. The molecule has 4 heteroatoms. The van der Waals surface area contributed by atoms with Gasteiger partial charge in [-0.05, 0) is 54.7 Å². The van der Waals surface area contributed by atoms with Crippen LogP contribution in [0.15, 0.2) is 30.3 Å². The predicted molar refractivity (Wildman–Crippen MR) is 80.0 cm³/mol. The van der Waals surface area contributed by atoms with Crippen LogP contribution in [0.3, 0.4) is 0 Å². The fourth-order valence-corrected chi connectivity index (χ4v) is 3.72. The summed E-state index contributed by atoms with van der Waals surface area (Å²) in [5.74, 6) is 0.365. The summed E-state index contributed by atoms with van der Waals surface area (Å²) in [6, 6.07) is 10.1. The minimum Gasteiger partial charge on any atom is -0.508 e. The molecule has 0 spiro atoms. The molecule has 19 heavy (non-hydrogen) atoms. The SMILES string of the molecule is Oc1ccc2c(c1)CCCC2NCc1ccc(Cl)s1. The molecular weight excluding hydrogens is 278 g/mol. The standard InChI is InChI=1S/C15H16ClNOS/c16-15-7-5-12(19-15)9-17-14-3-1-2-10-8-11(18)4-6-13(10)14/h4-8,14,17-18H,1-3,9H2. The summed E-state index contributed by atoms with van der Waals surface area (Å²) in [4.78, 5) is 1.26. The number of fused-ring (bicyclic) bond motifs is 1. The first-order chi connectivity index (χ1) is 9.22. The lowest BCUT2D eigenvalue weighted by atomic mass is 9.87. The molecule has 1 atom stereocenters. The largest absolute Gasteiger partial charge is 0.508 e. The summed E-state index contributed by atoms with van der Waals surface area (Å²) in [6.45, 7) is 0.850. The van der Waals surface area contributed by atoms with E-state index in [1.54, 1.807) is 17.4 Å². The van der Waals surface area contributed by atoms with Gasteiger partial charge in [-0.25, -0.2) is 0 Å². The van der Waals surface area contributed by atoms with Crippen LogP contribution in [0.25, 0.3) is 0 Å². The number of phenols is 1. The molecule has 0 aliphatic heterocycles. The average Bonchev–Trinajstić information content (AvgIpc) is 2.81. The number of rotatable bonds is 3. The van der Waals surface area contributed by atoms with E-state index in [0.29, 0.717) is 11.8 Å². The highest BCUT2D eigenvalue weighted by molar-refractivity contribution is 7.16. The molecule has 2 N–H and O–H groups in total. The Kier molecular flexibility index (Phi) is 3.78. The van der Waals surface area contributed by atoms with Crippen LogP contribution in [-0.2, 0) is 13.0 Å². The van der Waals surface area contributed by atoms with Crippen LogP contribution in [0.2, 0.25) is 4.34 Å². The van der Waals surface area contributed by atoms with Gasteiger partial charge in [-0.2, -0.15) is 0 Å². The van der Waals surface area contributed by atoms with E-state index in [4.69, 9.17) is 11.6 Å². The number of benzene rings is 1. The molecule has 1 aromatic heterocycles. The minimum absolute atomic E-state index is 0.365. The van der Waals surface area contributed by atoms with Gasteiger partial charge in [0.05, 0.1) is 4.34 Å². The molecule has 2 aromatic rings. The molecule has 1 aliphatic carbocycles. The zero-order valence-electron chi connectivity index (χ0n) is 10.5. The van der Waals surface area contributed by atoms with Crippen molar-refractivity contribution in [3.63, 3.8) is 0 Å². The van der Waals surface area contributed by atoms with Gasteiger partial charge in [0.15, 0.2) is 0 Å². The van der Waals surface area contributed by atoms with Gasteiger partial charge in [0.1, 0.15) is 5.75 Å². The summed E-state index contributed by atoms with van der Waals surface area (Å²) < 4.78 is 0.839. The van der Waals surface area contributed by atoms with E-state index in [0.717, 1.165) is 23.7 Å². The van der Waals surface area contributed by atoms with Gasteiger partial charge in [-0.1, -0.05) is 17.7 Å². The molecule has 0 saturated heterocycles. The molecule has 2 nitrogen and oxygen atoms in total. The van der Waals surface area contributed by atoms with Crippen LogP contribution >= 0.6 is 22.9 Å². The second kappa shape index (κ2) is 5.53. The molecule has 1 aliphatic rings. The topological polar surface area (TPSA) is 32.3 Å². The van der Waals surface area contributed by atoms with Crippen LogP contribution in [-0.4, -0.2) is 5.11 Å². The summed E-state index contributed by atoms with van der Waals surface area (Å²) in [6.07, 6.45) is 3.38. The van der Waals surface area contributed by atoms with Gasteiger partial charge >= 0.3 is 0 Å². The van der Waals surface area contributed by atoms with E-state index >= 15 is 0 Å². The van der Waals surface area contributed by atoms with Crippen molar-refractivity contribution in [2.75, 3.05) is 0 Å². The quantitative estimate of drug-likeness (QED) is 0.885. The van der Waals surface area contributed by atoms with Crippen LogP contribution in [0.1, 0.15) is 34.9 Å². The number of nitrogens with one attached hydrogen (secondary N) is 1. The Balaban J connectivity index is 1.73. The van der Waals surface area contributed by atoms with E-state index in [1.165, 1.54) is 22.4 Å². The third-order valence-corrected chi connectivity index (χ3v) is 4.82. The van der Waals surface area contributed by atoms with E-state index in [2.05, 4.69) is 11.4 Å². The Morgan fingerprint density at radius 3 is 3.00 bits per heavy atom. The summed E-state index contributed by atoms with van der Waals surface area (Å²) in [5, 5.41) is 13.1. The van der Waals surface area contributed by atoms with Gasteiger partial charge in [0, 0.05) is 17.5 Å². The molecule has 1 heterocycles. The smallest absolute Gasteiger partial charge is 0.115 e. The molecule has 0 amide bonds. The fraction of sp³-hybridized carbons (Fsp3) is 0.333. The zero-order chi connectivity index (χ0) is 13.2. The molecular formula is C15H16ClNOS. The predicted octanol–water partition coefficient (Wildman–Crippen LogP) is 4.27. The number of phenolic OH excluding ortho intramolecular Hbond substituents is 1. The summed E-state index contributed by atoms with van der Waals surface area (Å²) in [7, 11) is 0. The van der Waals surface area contributed by atoms with Crippen LogP contribution in [0, 0.1) is 0 Å². The first kappa shape index (κ1) is 13.0. The van der Waals surface area contributed by atoms with E-state index in [9.17, 15) is 5.11 Å². The first-order valence-electron chi connectivity index (χ1n) is 6.52. The highest BCUT2D eigenvalue weighted by atomic mass is 35.5. The zero-order valence-corrected chi connectivity index (χ0v) is 12.1. The second-order valence-corrected chi connectivity index (χ2v) is 6.71. The van der Waals surface area contributed by atoms with Crippen molar-refractivity contribution in [2.45, 2.75) is 31.8 Å². The lowest BCUT2D eigenvalue weighted by Gasteiger charge is -2.26. The lowest BCUT2D eigenvalue weighted by Crippen LogP contribution is -2.24. The van der Waals surface area contributed by atoms with Crippen LogP contribution in [0.4, 0.5) is 0 Å².